The maximum absolute atomic E-state index is 12.7. The molecule has 0 atom stereocenters. The lowest BCUT2D eigenvalue weighted by molar-refractivity contribution is 0.102. The number of carbonyl (C=O) groups excluding carboxylic acids is 1. The molecular weight excluding hydrogens is 360 g/mol. The fourth-order valence-electron chi connectivity index (χ4n) is 3.10. The van der Waals surface area contributed by atoms with Gasteiger partial charge in [-0.15, -0.1) is 10.2 Å². The molecule has 27 heavy (non-hydrogen) atoms. The highest BCUT2D eigenvalue weighted by atomic mass is 32.2. The number of rotatable bonds is 8. The van der Waals surface area contributed by atoms with E-state index in [9.17, 15) is 4.79 Å². The number of nitrogens with zero attached hydrogens (tertiary/aromatic N) is 4. The smallest absolute Gasteiger partial charge is 0.191 e. The first-order valence-corrected chi connectivity index (χ1v) is 9.78. The molecule has 0 aliphatic heterocycles. The van der Waals surface area contributed by atoms with Gasteiger partial charge in [0.25, 0.3) is 0 Å². The van der Waals surface area contributed by atoms with Gasteiger partial charge in [-0.2, -0.15) is 0 Å². The molecule has 3 rings (SSSR count). The van der Waals surface area contributed by atoms with Crippen LogP contribution in [-0.4, -0.2) is 44.6 Å². The number of thioether (sulfide) groups is 1. The molecule has 0 bridgehead atoms. The Morgan fingerprint density at radius 1 is 1.19 bits per heavy atom. The molecule has 1 aromatic carbocycles. The molecule has 0 aliphatic carbocycles. The summed E-state index contributed by atoms with van der Waals surface area (Å²) in [6.07, 6.45) is 0. The van der Waals surface area contributed by atoms with Crippen LogP contribution in [0.2, 0.25) is 0 Å². The standard InChI is InChI=1S/C20H24N4O2S/c1-14-12-17(15(2)24(14)10-11-26-4)18(25)13-27-20-22-21-19(23(20)3)16-8-6-5-7-9-16/h5-9,12H,10-11,13H2,1-4H3. The summed E-state index contributed by atoms with van der Waals surface area (Å²) < 4.78 is 9.20. The van der Waals surface area contributed by atoms with Crippen LogP contribution in [-0.2, 0) is 18.3 Å². The molecular formula is C20H24N4O2S. The highest BCUT2D eigenvalue weighted by Crippen LogP contribution is 2.24. The molecule has 0 unspecified atom stereocenters. The average Bonchev–Trinajstić information content (AvgIpc) is 3.18. The maximum Gasteiger partial charge on any atom is 0.191 e. The second kappa shape index (κ2) is 8.54. The van der Waals surface area contributed by atoms with Gasteiger partial charge < -0.3 is 13.9 Å². The summed E-state index contributed by atoms with van der Waals surface area (Å²) in [5.74, 6) is 1.22. The summed E-state index contributed by atoms with van der Waals surface area (Å²) in [6.45, 7) is 5.37. The Balaban J connectivity index is 1.71. The minimum absolute atomic E-state index is 0.0982. The van der Waals surface area contributed by atoms with Gasteiger partial charge in [-0.1, -0.05) is 42.1 Å². The first kappa shape index (κ1) is 19.4. The van der Waals surface area contributed by atoms with Crippen molar-refractivity contribution in [1.82, 2.24) is 19.3 Å². The van der Waals surface area contributed by atoms with Crippen molar-refractivity contribution < 1.29 is 9.53 Å². The van der Waals surface area contributed by atoms with Crippen molar-refractivity contribution in [1.29, 1.82) is 0 Å². The van der Waals surface area contributed by atoms with Crippen LogP contribution in [0.4, 0.5) is 0 Å². The zero-order valence-corrected chi connectivity index (χ0v) is 16.9. The second-order valence-electron chi connectivity index (χ2n) is 6.37. The topological polar surface area (TPSA) is 61.9 Å². The largest absolute Gasteiger partial charge is 0.383 e. The van der Waals surface area contributed by atoms with Crippen LogP contribution in [0.3, 0.4) is 0 Å². The van der Waals surface area contributed by atoms with Crippen LogP contribution in [0.5, 0.6) is 0 Å². The molecule has 2 heterocycles. The number of benzene rings is 1. The molecule has 3 aromatic rings. The molecule has 6 nitrogen and oxygen atoms in total. The van der Waals surface area contributed by atoms with Gasteiger partial charge in [0.15, 0.2) is 16.8 Å². The van der Waals surface area contributed by atoms with Gasteiger partial charge in [0, 0.05) is 43.2 Å². The van der Waals surface area contributed by atoms with Gasteiger partial charge >= 0.3 is 0 Å². The van der Waals surface area contributed by atoms with E-state index in [-0.39, 0.29) is 5.78 Å². The third kappa shape index (κ3) is 4.14. The van der Waals surface area contributed by atoms with E-state index in [2.05, 4.69) is 14.8 Å². The lowest BCUT2D eigenvalue weighted by Crippen LogP contribution is -2.10. The summed E-state index contributed by atoms with van der Waals surface area (Å²) in [5, 5.41) is 9.25. The summed E-state index contributed by atoms with van der Waals surface area (Å²) in [6, 6.07) is 11.9. The highest BCUT2D eigenvalue weighted by Gasteiger charge is 2.18. The number of ketones is 1. The summed E-state index contributed by atoms with van der Waals surface area (Å²) in [5.41, 5.74) is 3.83. The Bertz CT molecular complexity index is 931. The van der Waals surface area contributed by atoms with E-state index in [4.69, 9.17) is 4.74 Å². The Labute approximate surface area is 163 Å². The van der Waals surface area contributed by atoms with E-state index in [1.807, 2.05) is 61.9 Å². The third-order valence-electron chi connectivity index (χ3n) is 4.59. The number of ether oxygens (including phenoxy) is 1. The first-order chi connectivity index (χ1) is 13.0. The van der Waals surface area contributed by atoms with Crippen LogP contribution in [0.25, 0.3) is 11.4 Å². The molecule has 142 valence electrons. The van der Waals surface area contributed by atoms with Crippen LogP contribution in [0, 0.1) is 13.8 Å². The Hall–Kier alpha value is -2.38. The van der Waals surface area contributed by atoms with Crippen LogP contribution in [0.1, 0.15) is 21.7 Å². The average molecular weight is 385 g/mol. The zero-order chi connectivity index (χ0) is 19.4. The van der Waals surface area contributed by atoms with E-state index >= 15 is 0 Å². The van der Waals surface area contributed by atoms with Gasteiger partial charge in [0.1, 0.15) is 0 Å². The van der Waals surface area contributed by atoms with Gasteiger partial charge in [-0.25, -0.2) is 0 Å². The predicted molar refractivity (Wildman–Crippen MR) is 107 cm³/mol. The highest BCUT2D eigenvalue weighted by molar-refractivity contribution is 7.99. The van der Waals surface area contributed by atoms with E-state index < -0.39 is 0 Å². The quantitative estimate of drug-likeness (QED) is 0.439. The molecule has 0 radical (unpaired) electrons. The van der Waals surface area contributed by atoms with Crippen molar-refractivity contribution in [3.63, 3.8) is 0 Å². The van der Waals surface area contributed by atoms with Crippen molar-refractivity contribution in [2.75, 3.05) is 19.5 Å². The lowest BCUT2D eigenvalue weighted by Gasteiger charge is -2.08. The molecule has 0 saturated heterocycles. The SMILES string of the molecule is COCCn1c(C)cc(C(=O)CSc2nnc(-c3ccccc3)n2C)c1C. The summed E-state index contributed by atoms with van der Waals surface area (Å²) >= 11 is 1.41. The van der Waals surface area contributed by atoms with E-state index in [0.717, 1.165) is 40.0 Å². The van der Waals surface area contributed by atoms with Crippen LogP contribution < -0.4 is 0 Å². The van der Waals surface area contributed by atoms with Gasteiger partial charge in [0.2, 0.25) is 0 Å². The zero-order valence-electron chi connectivity index (χ0n) is 16.1. The molecule has 0 amide bonds. The summed E-state index contributed by atoms with van der Waals surface area (Å²) in [7, 11) is 3.60. The first-order valence-electron chi connectivity index (χ1n) is 8.79. The Morgan fingerprint density at radius 2 is 1.93 bits per heavy atom. The second-order valence-corrected chi connectivity index (χ2v) is 7.31. The molecule has 0 N–H and O–H groups in total. The molecule has 0 aliphatic rings. The normalized spacial score (nSPS) is 11.1. The van der Waals surface area contributed by atoms with Crippen molar-refractivity contribution in [3.8, 4) is 11.4 Å². The minimum Gasteiger partial charge on any atom is -0.383 e. The Morgan fingerprint density at radius 3 is 2.63 bits per heavy atom. The maximum atomic E-state index is 12.7. The lowest BCUT2D eigenvalue weighted by atomic mass is 10.2. The van der Waals surface area contributed by atoms with Crippen LogP contribution >= 0.6 is 11.8 Å². The molecule has 7 heteroatoms. The van der Waals surface area contributed by atoms with Crippen LogP contribution in [0.15, 0.2) is 41.6 Å². The third-order valence-corrected chi connectivity index (χ3v) is 5.61. The number of Topliss-reactive ketones (excluding diaryl/α,β-unsaturated/α-hetero) is 1. The van der Waals surface area contributed by atoms with Crippen molar-refractivity contribution in [2.45, 2.75) is 25.5 Å². The molecule has 0 saturated carbocycles. The molecule has 2 aromatic heterocycles. The number of hydrogen-bond donors (Lipinski definition) is 0. The molecule has 0 spiro atoms. The molecule has 0 fully saturated rings. The van der Waals surface area contributed by atoms with Gasteiger partial charge in [-0.05, 0) is 19.9 Å². The number of aryl methyl sites for hydroxylation is 1. The number of methoxy groups -OCH3 is 1. The van der Waals surface area contributed by atoms with Crippen molar-refractivity contribution in [2.24, 2.45) is 7.05 Å². The monoisotopic (exact) mass is 384 g/mol. The van der Waals surface area contributed by atoms with E-state index in [1.165, 1.54) is 11.8 Å². The van der Waals surface area contributed by atoms with Crippen molar-refractivity contribution >= 4 is 17.5 Å². The Kier molecular flexibility index (Phi) is 6.13. The van der Waals surface area contributed by atoms with Gasteiger partial charge in [0.05, 0.1) is 12.4 Å². The fraction of sp³-hybridized carbons (Fsp3) is 0.350. The number of aromatic nitrogens is 4. The summed E-state index contributed by atoms with van der Waals surface area (Å²) in [4.78, 5) is 12.7. The number of hydrogen-bond acceptors (Lipinski definition) is 5. The number of carbonyl (C=O) groups is 1. The van der Waals surface area contributed by atoms with E-state index in [1.54, 1.807) is 7.11 Å². The van der Waals surface area contributed by atoms with E-state index in [0.29, 0.717) is 12.4 Å². The fourth-order valence-corrected chi connectivity index (χ4v) is 3.89. The van der Waals surface area contributed by atoms with Crippen molar-refractivity contribution in [3.05, 3.63) is 53.3 Å². The van der Waals surface area contributed by atoms with Gasteiger partial charge in [-0.3, -0.25) is 4.79 Å². The predicted octanol–water partition coefficient (Wildman–Crippen LogP) is 3.52. The minimum atomic E-state index is 0.0982.